The molecule has 7 nitrogen and oxygen atoms in total. The van der Waals surface area contributed by atoms with Crippen molar-refractivity contribution in [1.29, 1.82) is 0 Å². The van der Waals surface area contributed by atoms with Crippen LogP contribution in [-0.4, -0.2) is 39.0 Å². The van der Waals surface area contributed by atoms with Crippen LogP contribution in [0.15, 0.2) is 41.3 Å². The Balaban J connectivity index is 1.64. The van der Waals surface area contributed by atoms with Gasteiger partial charge >= 0.3 is 0 Å². The van der Waals surface area contributed by atoms with Crippen LogP contribution in [0.25, 0.3) is 4.85 Å². The highest BCUT2D eigenvalue weighted by Crippen LogP contribution is 2.34. The lowest BCUT2D eigenvalue weighted by atomic mass is 9.95. The van der Waals surface area contributed by atoms with Crippen LogP contribution >= 0.6 is 15.9 Å². The minimum atomic E-state index is -0.243. The molecule has 158 valence electrons. The van der Waals surface area contributed by atoms with Gasteiger partial charge in [-0.1, -0.05) is 15.9 Å². The van der Waals surface area contributed by atoms with E-state index < -0.39 is 0 Å². The predicted molar refractivity (Wildman–Crippen MR) is 120 cm³/mol. The average molecular weight is 480 g/mol. The van der Waals surface area contributed by atoms with Gasteiger partial charge in [0.2, 0.25) is 5.69 Å². The molecule has 1 amide bonds. The molecule has 0 bridgehead atoms. The molecule has 0 saturated carbocycles. The van der Waals surface area contributed by atoms with Gasteiger partial charge in [0.05, 0.1) is 25.4 Å². The molecule has 1 aliphatic rings. The van der Waals surface area contributed by atoms with Crippen molar-refractivity contribution in [3.8, 4) is 5.75 Å². The maximum Gasteiger partial charge on any atom is 0.254 e. The van der Waals surface area contributed by atoms with Gasteiger partial charge in [-0.05, 0) is 49.6 Å². The van der Waals surface area contributed by atoms with E-state index in [9.17, 15) is 4.79 Å². The highest BCUT2D eigenvalue weighted by Gasteiger charge is 2.31. The summed E-state index contributed by atoms with van der Waals surface area (Å²) in [4.78, 5) is 27.4. The predicted octanol–water partition coefficient (Wildman–Crippen LogP) is 4.72. The van der Waals surface area contributed by atoms with E-state index in [0.29, 0.717) is 35.8 Å². The third kappa shape index (κ3) is 3.93. The van der Waals surface area contributed by atoms with Gasteiger partial charge in [-0.2, -0.15) is 0 Å². The van der Waals surface area contributed by atoms with E-state index in [4.69, 9.17) is 11.3 Å². The smallest absolute Gasteiger partial charge is 0.254 e. The van der Waals surface area contributed by atoms with Crippen molar-refractivity contribution in [1.82, 2.24) is 19.4 Å². The zero-order valence-corrected chi connectivity index (χ0v) is 19.2. The molecule has 31 heavy (non-hydrogen) atoms. The second kappa shape index (κ2) is 8.52. The van der Waals surface area contributed by atoms with Gasteiger partial charge in [0.25, 0.3) is 5.91 Å². The van der Waals surface area contributed by atoms with E-state index in [1.807, 2.05) is 31.0 Å². The highest BCUT2D eigenvalue weighted by atomic mass is 79.9. The molecule has 0 saturated heterocycles. The first kappa shape index (κ1) is 21.1. The standard InChI is InChI=1S/C23H22BrN5O2/c1-14(20-11-22(31-4)21(25-3)12-27-20)29-7-5-17-18(23(29)30)9-16(10-19(17)24)13-28-8-6-26-15(28)2/h6,8-12,14H,5,7,13H2,1-2,4H3. The molecule has 1 aliphatic heterocycles. The Morgan fingerprint density at radius 3 is 2.81 bits per heavy atom. The summed E-state index contributed by atoms with van der Waals surface area (Å²) in [5.41, 5.74) is 3.84. The summed E-state index contributed by atoms with van der Waals surface area (Å²) in [6.07, 6.45) is 5.97. The molecule has 0 radical (unpaired) electrons. The van der Waals surface area contributed by atoms with Gasteiger partial charge < -0.3 is 14.2 Å². The number of benzene rings is 1. The Kier molecular flexibility index (Phi) is 5.79. The molecule has 4 rings (SSSR count). The van der Waals surface area contributed by atoms with Crippen molar-refractivity contribution < 1.29 is 9.53 Å². The van der Waals surface area contributed by atoms with Crippen LogP contribution in [0.1, 0.15) is 46.0 Å². The summed E-state index contributed by atoms with van der Waals surface area (Å²) in [6, 6.07) is 5.57. The number of pyridine rings is 1. The number of hydrogen-bond donors (Lipinski definition) is 0. The van der Waals surface area contributed by atoms with Gasteiger partial charge in [0.15, 0.2) is 0 Å². The number of amides is 1. The monoisotopic (exact) mass is 479 g/mol. The molecule has 0 spiro atoms. The molecule has 0 aliphatic carbocycles. The lowest BCUT2D eigenvalue weighted by Crippen LogP contribution is -2.40. The minimum Gasteiger partial charge on any atom is -0.508 e. The van der Waals surface area contributed by atoms with Crippen LogP contribution in [-0.2, 0) is 13.0 Å². The van der Waals surface area contributed by atoms with Crippen LogP contribution in [0, 0.1) is 13.5 Å². The number of imidazole rings is 1. The first-order valence-corrected chi connectivity index (χ1v) is 10.7. The number of carbonyl (C=O) groups excluding carboxylic acids is 1. The van der Waals surface area contributed by atoms with E-state index in [1.165, 1.54) is 13.3 Å². The van der Waals surface area contributed by atoms with E-state index in [-0.39, 0.29) is 11.9 Å². The lowest BCUT2D eigenvalue weighted by molar-refractivity contribution is 0.0668. The Morgan fingerprint density at radius 2 is 2.13 bits per heavy atom. The van der Waals surface area contributed by atoms with Crippen molar-refractivity contribution in [2.45, 2.75) is 32.9 Å². The highest BCUT2D eigenvalue weighted by molar-refractivity contribution is 9.10. The summed E-state index contributed by atoms with van der Waals surface area (Å²) in [7, 11) is 1.53. The van der Waals surface area contributed by atoms with Gasteiger partial charge in [0.1, 0.15) is 11.6 Å². The summed E-state index contributed by atoms with van der Waals surface area (Å²) < 4.78 is 8.33. The van der Waals surface area contributed by atoms with Gasteiger partial charge in [-0.3, -0.25) is 9.78 Å². The van der Waals surface area contributed by atoms with E-state index in [0.717, 1.165) is 27.8 Å². The number of ether oxygens (including phenoxy) is 1. The Morgan fingerprint density at radius 1 is 1.32 bits per heavy atom. The molecular formula is C23H22BrN5O2. The molecule has 1 aromatic carbocycles. The third-order valence-electron chi connectivity index (χ3n) is 5.73. The molecule has 0 fully saturated rings. The maximum absolute atomic E-state index is 13.5. The largest absolute Gasteiger partial charge is 0.508 e. The quantitative estimate of drug-likeness (QED) is 0.496. The number of fused-ring (bicyclic) bond motifs is 1. The molecule has 1 unspecified atom stereocenters. The van der Waals surface area contributed by atoms with Gasteiger partial charge in [0, 0.05) is 41.7 Å². The molecular weight excluding hydrogens is 458 g/mol. The van der Waals surface area contributed by atoms with Crippen molar-refractivity contribution in [2.75, 3.05) is 13.7 Å². The summed E-state index contributed by atoms with van der Waals surface area (Å²) >= 11 is 3.67. The normalized spacial score (nSPS) is 14.2. The molecule has 0 N–H and O–H groups in total. The Bertz CT molecular complexity index is 1200. The van der Waals surface area contributed by atoms with Crippen LogP contribution < -0.4 is 4.74 Å². The van der Waals surface area contributed by atoms with Crippen LogP contribution in [0.5, 0.6) is 5.75 Å². The van der Waals surface area contributed by atoms with E-state index in [1.54, 1.807) is 12.3 Å². The summed E-state index contributed by atoms with van der Waals surface area (Å²) in [5, 5.41) is 0. The fourth-order valence-corrected chi connectivity index (χ4v) is 4.64. The number of aromatic nitrogens is 3. The first-order valence-electron chi connectivity index (χ1n) is 9.94. The molecule has 3 heterocycles. The van der Waals surface area contributed by atoms with Crippen molar-refractivity contribution in [3.63, 3.8) is 0 Å². The SMILES string of the molecule is [C-]#[N+]c1cnc(C(C)N2CCc3c(Br)cc(Cn4ccnc4C)cc3C2=O)cc1OC. The Hall–Kier alpha value is -3.18. The summed E-state index contributed by atoms with van der Waals surface area (Å²) in [6.45, 7) is 12.4. The molecule has 8 heteroatoms. The lowest BCUT2D eigenvalue weighted by Gasteiger charge is -2.34. The number of carbonyl (C=O) groups is 1. The number of aryl methyl sites for hydroxylation is 1. The second-order valence-electron chi connectivity index (χ2n) is 7.52. The van der Waals surface area contributed by atoms with Crippen LogP contribution in [0.3, 0.4) is 0 Å². The first-order chi connectivity index (χ1) is 14.9. The van der Waals surface area contributed by atoms with Gasteiger partial charge in [-0.25, -0.2) is 9.83 Å². The van der Waals surface area contributed by atoms with Crippen LogP contribution in [0.4, 0.5) is 5.69 Å². The van der Waals surface area contributed by atoms with Gasteiger partial charge in [-0.15, -0.1) is 0 Å². The zero-order chi connectivity index (χ0) is 22.1. The zero-order valence-electron chi connectivity index (χ0n) is 17.6. The number of hydrogen-bond acceptors (Lipinski definition) is 4. The maximum atomic E-state index is 13.5. The average Bonchev–Trinajstić information content (AvgIpc) is 3.17. The number of nitrogens with zero attached hydrogens (tertiary/aromatic N) is 5. The minimum absolute atomic E-state index is 0.0197. The van der Waals surface area contributed by atoms with E-state index in [2.05, 4.69) is 41.4 Å². The van der Waals surface area contributed by atoms with Crippen molar-refractivity contribution in [2.24, 2.45) is 0 Å². The van der Waals surface area contributed by atoms with Crippen molar-refractivity contribution >= 4 is 27.5 Å². The number of rotatable bonds is 5. The number of methoxy groups -OCH3 is 1. The summed E-state index contributed by atoms with van der Waals surface area (Å²) in [5.74, 6) is 1.38. The topological polar surface area (TPSA) is 64.6 Å². The number of halogens is 1. The fourth-order valence-electron chi connectivity index (χ4n) is 3.93. The molecule has 2 aromatic heterocycles. The van der Waals surface area contributed by atoms with Crippen molar-refractivity contribution in [3.05, 3.63) is 80.9 Å². The second-order valence-corrected chi connectivity index (χ2v) is 8.38. The fraction of sp³-hybridized carbons (Fsp3) is 0.304. The molecule has 1 atom stereocenters. The third-order valence-corrected chi connectivity index (χ3v) is 6.44. The van der Waals surface area contributed by atoms with Crippen LogP contribution in [0.2, 0.25) is 0 Å². The van der Waals surface area contributed by atoms with E-state index >= 15 is 0 Å². The molecule has 3 aromatic rings. The Labute approximate surface area is 189 Å².